The van der Waals surface area contributed by atoms with E-state index in [1.807, 2.05) is 19.9 Å². The van der Waals surface area contributed by atoms with Crippen molar-refractivity contribution in [2.24, 2.45) is 0 Å². The van der Waals surface area contributed by atoms with Crippen LogP contribution in [0.3, 0.4) is 0 Å². The summed E-state index contributed by atoms with van der Waals surface area (Å²) in [6.07, 6.45) is 3.44. The summed E-state index contributed by atoms with van der Waals surface area (Å²) in [4.78, 5) is 4.22. The molecule has 0 aliphatic heterocycles. The molecular weight excluding hydrogens is 279 g/mol. The van der Waals surface area contributed by atoms with Crippen LogP contribution in [-0.4, -0.2) is 4.98 Å². The Hall–Kier alpha value is -2.41. The van der Waals surface area contributed by atoms with E-state index in [1.165, 1.54) is 12.1 Å². The molecule has 0 saturated carbocycles. The minimum absolute atomic E-state index is 0.257. The van der Waals surface area contributed by atoms with Crippen molar-refractivity contribution < 1.29 is 9.13 Å². The van der Waals surface area contributed by atoms with Crippen LogP contribution in [0, 0.1) is 17.1 Å². The number of rotatable bonds is 6. The zero-order chi connectivity index (χ0) is 16.0. The van der Waals surface area contributed by atoms with Gasteiger partial charge in [0, 0.05) is 0 Å². The number of pyridine rings is 1. The minimum Gasteiger partial charge on any atom is -0.481 e. The Morgan fingerprint density at radius 2 is 1.82 bits per heavy atom. The standard InChI is InChI=1S/C18H19FN2O/c1-3-18(4-2,14-5-7-15(19)8-6-14)22-17-10-9-16(11-12-20)21-13-17/h5-10,13H,3-4,11H2,1-2H3. The molecule has 0 fully saturated rings. The summed E-state index contributed by atoms with van der Waals surface area (Å²) in [5.41, 5.74) is 1.15. The number of hydrogen-bond donors (Lipinski definition) is 0. The molecule has 0 spiro atoms. The van der Waals surface area contributed by atoms with Crippen molar-refractivity contribution >= 4 is 0 Å². The molecule has 1 aromatic carbocycles. The van der Waals surface area contributed by atoms with E-state index in [0.717, 1.165) is 24.1 Å². The first-order valence-corrected chi connectivity index (χ1v) is 7.40. The van der Waals surface area contributed by atoms with Crippen LogP contribution in [0.15, 0.2) is 42.6 Å². The second kappa shape index (κ2) is 7.04. The highest BCUT2D eigenvalue weighted by atomic mass is 19.1. The van der Waals surface area contributed by atoms with E-state index in [4.69, 9.17) is 10.00 Å². The van der Waals surface area contributed by atoms with E-state index in [-0.39, 0.29) is 12.2 Å². The number of ether oxygens (including phenoxy) is 1. The second-order valence-corrected chi connectivity index (χ2v) is 5.13. The van der Waals surface area contributed by atoms with Crippen LogP contribution in [0.4, 0.5) is 4.39 Å². The molecule has 1 heterocycles. The van der Waals surface area contributed by atoms with Gasteiger partial charge in [0.25, 0.3) is 0 Å². The normalized spacial score (nSPS) is 11.0. The maximum Gasteiger partial charge on any atom is 0.138 e. The first kappa shape index (κ1) is 16.0. The first-order chi connectivity index (χ1) is 10.6. The molecule has 0 N–H and O–H groups in total. The van der Waals surface area contributed by atoms with Gasteiger partial charge in [0.15, 0.2) is 0 Å². The zero-order valence-electron chi connectivity index (χ0n) is 12.8. The van der Waals surface area contributed by atoms with Gasteiger partial charge in [0.2, 0.25) is 0 Å². The van der Waals surface area contributed by atoms with Gasteiger partial charge in [0.1, 0.15) is 17.2 Å². The van der Waals surface area contributed by atoms with Crippen molar-refractivity contribution in [3.63, 3.8) is 0 Å². The van der Waals surface area contributed by atoms with Crippen LogP contribution in [0.25, 0.3) is 0 Å². The third-order valence-electron chi connectivity index (χ3n) is 3.88. The minimum atomic E-state index is -0.508. The average molecular weight is 298 g/mol. The van der Waals surface area contributed by atoms with Crippen LogP contribution in [0.1, 0.15) is 37.9 Å². The van der Waals surface area contributed by atoms with Crippen LogP contribution < -0.4 is 4.74 Å². The summed E-state index contributed by atoms with van der Waals surface area (Å²) in [5.74, 6) is 0.391. The average Bonchev–Trinajstić information content (AvgIpc) is 2.55. The maximum atomic E-state index is 13.1. The fourth-order valence-corrected chi connectivity index (χ4v) is 2.50. The maximum absolute atomic E-state index is 13.1. The van der Waals surface area contributed by atoms with Gasteiger partial charge in [-0.15, -0.1) is 0 Å². The lowest BCUT2D eigenvalue weighted by Crippen LogP contribution is -2.31. The number of nitriles is 1. The van der Waals surface area contributed by atoms with Crippen molar-refractivity contribution in [2.75, 3.05) is 0 Å². The van der Waals surface area contributed by atoms with Crippen molar-refractivity contribution in [3.05, 3.63) is 59.7 Å². The Kier molecular flexibility index (Phi) is 5.11. The van der Waals surface area contributed by atoms with Gasteiger partial charge in [-0.05, 0) is 42.7 Å². The smallest absolute Gasteiger partial charge is 0.138 e. The molecule has 2 rings (SSSR count). The van der Waals surface area contributed by atoms with Gasteiger partial charge >= 0.3 is 0 Å². The lowest BCUT2D eigenvalue weighted by atomic mass is 9.88. The summed E-state index contributed by atoms with van der Waals surface area (Å²) in [6.45, 7) is 4.09. The SMILES string of the molecule is CCC(CC)(Oc1ccc(CC#N)nc1)c1ccc(F)cc1. The van der Waals surface area contributed by atoms with E-state index < -0.39 is 5.60 Å². The molecule has 4 heteroatoms. The summed E-state index contributed by atoms with van der Waals surface area (Å²) in [7, 11) is 0. The van der Waals surface area contributed by atoms with Crippen LogP contribution in [0.5, 0.6) is 5.75 Å². The number of nitrogens with zero attached hydrogens (tertiary/aromatic N) is 2. The molecule has 0 unspecified atom stereocenters. The molecule has 0 aliphatic carbocycles. The molecule has 0 radical (unpaired) electrons. The zero-order valence-corrected chi connectivity index (χ0v) is 12.8. The van der Waals surface area contributed by atoms with E-state index in [1.54, 1.807) is 24.4 Å². The highest BCUT2D eigenvalue weighted by Crippen LogP contribution is 2.34. The Morgan fingerprint density at radius 3 is 2.32 bits per heavy atom. The van der Waals surface area contributed by atoms with Crippen molar-refractivity contribution in [3.8, 4) is 11.8 Å². The molecule has 22 heavy (non-hydrogen) atoms. The summed E-state index contributed by atoms with van der Waals surface area (Å²) >= 11 is 0. The van der Waals surface area contributed by atoms with E-state index in [0.29, 0.717) is 5.75 Å². The van der Waals surface area contributed by atoms with Crippen molar-refractivity contribution in [1.82, 2.24) is 4.98 Å². The molecule has 1 aromatic heterocycles. The van der Waals surface area contributed by atoms with Crippen molar-refractivity contribution in [2.45, 2.75) is 38.7 Å². The number of halogens is 1. The van der Waals surface area contributed by atoms with Crippen LogP contribution >= 0.6 is 0 Å². The van der Waals surface area contributed by atoms with Crippen LogP contribution in [0.2, 0.25) is 0 Å². The van der Waals surface area contributed by atoms with E-state index in [2.05, 4.69) is 11.1 Å². The molecule has 0 aliphatic rings. The summed E-state index contributed by atoms with van der Waals surface area (Å²) < 4.78 is 19.3. The summed E-state index contributed by atoms with van der Waals surface area (Å²) in [6, 6.07) is 12.1. The highest BCUT2D eigenvalue weighted by molar-refractivity contribution is 5.28. The Morgan fingerprint density at radius 1 is 1.14 bits per heavy atom. The predicted octanol–water partition coefficient (Wildman–Crippen LogP) is 4.38. The number of hydrogen-bond acceptors (Lipinski definition) is 3. The third kappa shape index (κ3) is 3.43. The first-order valence-electron chi connectivity index (χ1n) is 7.40. The van der Waals surface area contributed by atoms with Gasteiger partial charge in [-0.1, -0.05) is 26.0 Å². The monoisotopic (exact) mass is 298 g/mol. The van der Waals surface area contributed by atoms with Gasteiger partial charge in [0.05, 0.1) is 24.4 Å². The molecule has 0 atom stereocenters. The quantitative estimate of drug-likeness (QED) is 0.795. The Balaban J connectivity index is 2.28. The molecule has 3 nitrogen and oxygen atoms in total. The predicted molar refractivity (Wildman–Crippen MR) is 82.8 cm³/mol. The second-order valence-electron chi connectivity index (χ2n) is 5.13. The highest BCUT2D eigenvalue weighted by Gasteiger charge is 2.30. The van der Waals surface area contributed by atoms with Gasteiger partial charge in [-0.2, -0.15) is 5.26 Å². The van der Waals surface area contributed by atoms with Crippen LogP contribution in [-0.2, 0) is 12.0 Å². The Labute approximate surface area is 130 Å². The fourth-order valence-electron chi connectivity index (χ4n) is 2.50. The summed E-state index contributed by atoms with van der Waals surface area (Å²) in [5, 5.41) is 8.67. The van der Waals surface area contributed by atoms with Crippen molar-refractivity contribution in [1.29, 1.82) is 5.26 Å². The largest absolute Gasteiger partial charge is 0.481 e. The number of aromatic nitrogens is 1. The molecule has 0 bridgehead atoms. The molecule has 0 saturated heterocycles. The van der Waals surface area contributed by atoms with Gasteiger partial charge in [-0.3, -0.25) is 4.98 Å². The Bertz CT molecular complexity index is 640. The topological polar surface area (TPSA) is 45.9 Å². The lowest BCUT2D eigenvalue weighted by molar-refractivity contribution is 0.0568. The van der Waals surface area contributed by atoms with E-state index in [9.17, 15) is 4.39 Å². The van der Waals surface area contributed by atoms with Gasteiger partial charge in [-0.25, -0.2) is 4.39 Å². The van der Waals surface area contributed by atoms with E-state index >= 15 is 0 Å². The number of benzene rings is 1. The molecule has 0 amide bonds. The molecular formula is C18H19FN2O. The lowest BCUT2D eigenvalue weighted by Gasteiger charge is -2.33. The van der Waals surface area contributed by atoms with Gasteiger partial charge < -0.3 is 4.74 Å². The third-order valence-corrected chi connectivity index (χ3v) is 3.88. The molecule has 114 valence electrons. The molecule has 2 aromatic rings. The fraction of sp³-hybridized carbons (Fsp3) is 0.333.